The Bertz CT molecular complexity index is 1100. The number of esters is 1. The maximum absolute atomic E-state index is 13.6. The van der Waals surface area contributed by atoms with Crippen molar-refractivity contribution >= 4 is 39.1 Å². The fraction of sp³-hybridized carbons (Fsp3) is 0.304. The molecule has 1 aliphatic heterocycles. The van der Waals surface area contributed by atoms with Gasteiger partial charge in [-0.15, -0.1) is 0 Å². The number of ketones is 1. The number of ether oxygens (including phenoxy) is 2. The zero-order valence-corrected chi connectivity index (χ0v) is 18.9. The fourth-order valence-electron chi connectivity index (χ4n) is 4.30. The van der Waals surface area contributed by atoms with Gasteiger partial charge in [-0.1, -0.05) is 19.1 Å². The van der Waals surface area contributed by atoms with Gasteiger partial charge in [0.05, 0.1) is 36.1 Å². The summed E-state index contributed by atoms with van der Waals surface area (Å²) in [6, 6.07) is 10.5. The summed E-state index contributed by atoms with van der Waals surface area (Å²) in [6.45, 7) is 1.88. The lowest BCUT2D eigenvalue weighted by Gasteiger charge is -2.32. The minimum atomic E-state index is -0.876. The summed E-state index contributed by atoms with van der Waals surface area (Å²) in [7, 11) is 2.76. The van der Waals surface area contributed by atoms with Crippen LogP contribution in [0.15, 0.2) is 52.1 Å². The molecule has 0 amide bonds. The highest BCUT2D eigenvalue weighted by Gasteiger charge is 2.44. The maximum Gasteiger partial charge on any atom is 0.316 e. The van der Waals surface area contributed by atoms with E-state index in [1.807, 2.05) is 31.2 Å². The van der Waals surface area contributed by atoms with Gasteiger partial charge in [0.2, 0.25) is 0 Å². The van der Waals surface area contributed by atoms with Gasteiger partial charge >= 0.3 is 5.97 Å². The van der Waals surface area contributed by atoms with E-state index < -0.39 is 17.9 Å². The number of methoxy groups -OCH3 is 2. The minimum absolute atomic E-state index is 0.0244. The largest absolute Gasteiger partial charge is 0.503 e. The third-order valence-corrected chi connectivity index (χ3v) is 6.43. The van der Waals surface area contributed by atoms with Crippen LogP contribution in [-0.2, 0) is 14.3 Å². The fourth-order valence-corrected chi connectivity index (χ4v) is 4.76. The van der Waals surface area contributed by atoms with Crippen molar-refractivity contribution in [2.45, 2.75) is 19.4 Å². The molecular formula is C23H23BrN2O5. The Morgan fingerprint density at radius 1 is 1.19 bits per heavy atom. The minimum Gasteiger partial charge on any atom is -0.503 e. The molecule has 2 aromatic rings. The van der Waals surface area contributed by atoms with E-state index in [1.165, 1.54) is 14.2 Å². The monoisotopic (exact) mass is 486 g/mol. The summed E-state index contributed by atoms with van der Waals surface area (Å²) in [4.78, 5) is 26.1. The van der Waals surface area contributed by atoms with Crippen molar-refractivity contribution < 1.29 is 24.2 Å². The molecule has 4 rings (SSSR count). The van der Waals surface area contributed by atoms with E-state index >= 15 is 0 Å². The van der Waals surface area contributed by atoms with Crippen LogP contribution in [0.1, 0.15) is 24.9 Å². The van der Waals surface area contributed by atoms with Gasteiger partial charge < -0.3 is 25.2 Å². The first-order valence-corrected chi connectivity index (χ1v) is 10.7. The number of phenols is 1. The molecule has 0 spiro atoms. The highest BCUT2D eigenvalue weighted by molar-refractivity contribution is 9.10. The summed E-state index contributed by atoms with van der Waals surface area (Å²) in [5.74, 6) is -1.64. The van der Waals surface area contributed by atoms with Crippen molar-refractivity contribution in [2.24, 2.45) is 11.8 Å². The number of halogens is 1. The van der Waals surface area contributed by atoms with Crippen LogP contribution in [0.4, 0.5) is 11.4 Å². The number of hydrogen-bond donors (Lipinski definition) is 3. The Morgan fingerprint density at radius 2 is 1.90 bits per heavy atom. The van der Waals surface area contributed by atoms with E-state index in [0.29, 0.717) is 22.0 Å². The summed E-state index contributed by atoms with van der Waals surface area (Å²) >= 11 is 3.37. The van der Waals surface area contributed by atoms with Crippen LogP contribution in [0.2, 0.25) is 0 Å². The molecule has 3 N–H and O–H groups in total. The first-order valence-electron chi connectivity index (χ1n) is 9.89. The molecule has 1 aliphatic carbocycles. The van der Waals surface area contributed by atoms with Crippen LogP contribution in [0.3, 0.4) is 0 Å². The van der Waals surface area contributed by atoms with E-state index in [0.717, 1.165) is 17.1 Å². The van der Waals surface area contributed by atoms with Crippen LogP contribution in [0.25, 0.3) is 0 Å². The molecule has 0 unspecified atom stereocenters. The molecule has 1 heterocycles. The third kappa shape index (κ3) is 3.65. The second-order valence-electron chi connectivity index (χ2n) is 7.74. The predicted octanol–water partition coefficient (Wildman–Crippen LogP) is 4.39. The highest BCUT2D eigenvalue weighted by Crippen LogP contribution is 2.46. The van der Waals surface area contributed by atoms with Crippen molar-refractivity contribution in [2.75, 3.05) is 24.9 Å². The number of fused-ring (bicyclic) bond motifs is 1. The molecule has 0 radical (unpaired) electrons. The van der Waals surface area contributed by atoms with Gasteiger partial charge in [-0.05, 0) is 58.1 Å². The number of nitrogens with one attached hydrogen (secondary N) is 2. The lowest BCUT2D eigenvalue weighted by molar-refractivity contribution is -0.151. The topological polar surface area (TPSA) is 96.9 Å². The van der Waals surface area contributed by atoms with E-state index in [4.69, 9.17) is 9.47 Å². The molecule has 7 nitrogen and oxygen atoms in total. The second kappa shape index (κ2) is 8.26. The van der Waals surface area contributed by atoms with Crippen molar-refractivity contribution in [3.8, 4) is 11.5 Å². The van der Waals surface area contributed by atoms with Crippen LogP contribution in [0.5, 0.6) is 11.5 Å². The van der Waals surface area contributed by atoms with Crippen molar-refractivity contribution in [3.05, 3.63) is 57.7 Å². The van der Waals surface area contributed by atoms with E-state index in [9.17, 15) is 14.7 Å². The molecule has 0 saturated carbocycles. The van der Waals surface area contributed by atoms with E-state index in [-0.39, 0.29) is 23.2 Å². The third-order valence-electron chi connectivity index (χ3n) is 5.83. The zero-order valence-electron chi connectivity index (χ0n) is 17.4. The van der Waals surface area contributed by atoms with Crippen molar-refractivity contribution in [1.82, 2.24) is 0 Å². The Kier molecular flexibility index (Phi) is 5.66. The normalized spacial score (nSPS) is 22.5. The van der Waals surface area contributed by atoms with Crippen molar-refractivity contribution in [3.63, 3.8) is 0 Å². The number of allylic oxidation sites excluding steroid dienone is 1. The quantitative estimate of drug-likeness (QED) is 0.437. The number of rotatable bonds is 3. The van der Waals surface area contributed by atoms with Crippen molar-refractivity contribution in [1.29, 1.82) is 0 Å². The number of hydrogen-bond acceptors (Lipinski definition) is 7. The Morgan fingerprint density at radius 3 is 2.58 bits per heavy atom. The van der Waals surface area contributed by atoms with Gasteiger partial charge in [0, 0.05) is 11.3 Å². The first kappa shape index (κ1) is 21.2. The lowest BCUT2D eigenvalue weighted by atomic mass is 9.75. The number of phenolic OH excluding ortho intramolecular Hbond substituents is 1. The summed E-state index contributed by atoms with van der Waals surface area (Å²) in [5, 5.41) is 17.1. The van der Waals surface area contributed by atoms with Crippen LogP contribution < -0.4 is 15.4 Å². The molecule has 3 atom stereocenters. The molecule has 0 aromatic heterocycles. The average molecular weight is 487 g/mol. The highest BCUT2D eigenvalue weighted by atomic mass is 79.9. The standard InChI is InChI=1S/C23H23BrN2O5/c1-11-8-16-19(22(28)18(11)23(29)31-3)20(26-15-7-5-4-6-14(15)25-16)12-9-13(24)21(27)17(10-12)30-2/h4-7,9-11,18,20,25-27H,8H2,1-3H3/t11-,18-,20-/m1/s1. The zero-order chi connectivity index (χ0) is 22.3. The second-order valence-corrected chi connectivity index (χ2v) is 8.59. The number of carbonyl (C=O) groups is 2. The summed E-state index contributed by atoms with van der Waals surface area (Å²) in [5.41, 5.74) is 3.62. The van der Waals surface area contributed by atoms with Gasteiger partial charge in [-0.2, -0.15) is 0 Å². The van der Waals surface area contributed by atoms with Gasteiger partial charge in [0.25, 0.3) is 0 Å². The number of anilines is 2. The Hall–Kier alpha value is -3.00. The summed E-state index contributed by atoms with van der Waals surface area (Å²) < 4.78 is 10.7. The summed E-state index contributed by atoms with van der Waals surface area (Å²) in [6.07, 6.45) is 0.518. The first-order chi connectivity index (χ1) is 14.8. The SMILES string of the molecule is COC(=O)[C@H]1C(=O)C2=C(C[C@H]1C)Nc1ccccc1N[C@@H]2c1cc(Br)c(O)c(OC)c1. The molecule has 0 saturated heterocycles. The van der Waals surface area contributed by atoms with Crippen LogP contribution in [-0.4, -0.2) is 31.1 Å². The number of para-hydroxylation sites is 2. The van der Waals surface area contributed by atoms with Crippen LogP contribution in [0, 0.1) is 11.8 Å². The Balaban J connectivity index is 1.91. The molecule has 2 aliphatic rings. The molecule has 0 bridgehead atoms. The Labute approximate surface area is 188 Å². The molecule has 162 valence electrons. The molecule has 0 fully saturated rings. The maximum atomic E-state index is 13.6. The number of benzene rings is 2. The van der Waals surface area contributed by atoms with E-state index in [2.05, 4.69) is 26.6 Å². The number of Topliss-reactive ketones (excluding diaryl/α,β-unsaturated/α-hetero) is 1. The van der Waals surface area contributed by atoms with Gasteiger partial charge in [-0.3, -0.25) is 9.59 Å². The number of aromatic hydroxyl groups is 1. The van der Waals surface area contributed by atoms with Gasteiger partial charge in [-0.25, -0.2) is 0 Å². The molecule has 2 aromatic carbocycles. The molecule has 31 heavy (non-hydrogen) atoms. The van der Waals surface area contributed by atoms with Crippen LogP contribution >= 0.6 is 15.9 Å². The lowest BCUT2D eigenvalue weighted by Crippen LogP contribution is -2.39. The predicted molar refractivity (Wildman–Crippen MR) is 120 cm³/mol. The number of carbonyl (C=O) groups excluding carboxylic acids is 2. The molecular weight excluding hydrogens is 464 g/mol. The van der Waals surface area contributed by atoms with Gasteiger partial charge in [0.15, 0.2) is 17.3 Å². The van der Waals surface area contributed by atoms with E-state index in [1.54, 1.807) is 12.1 Å². The smallest absolute Gasteiger partial charge is 0.316 e. The van der Waals surface area contributed by atoms with Gasteiger partial charge in [0.1, 0.15) is 5.92 Å². The molecule has 8 heteroatoms. The average Bonchev–Trinajstić information content (AvgIpc) is 2.91.